The lowest BCUT2D eigenvalue weighted by molar-refractivity contribution is -0.120. The highest BCUT2D eigenvalue weighted by molar-refractivity contribution is 7.09. The Kier molecular flexibility index (Phi) is 5.23. The molecule has 0 radical (unpaired) electrons. The summed E-state index contributed by atoms with van der Waals surface area (Å²) >= 11 is 1.57. The quantitative estimate of drug-likeness (QED) is 0.724. The molecule has 24 heavy (non-hydrogen) atoms. The Hall–Kier alpha value is -2.24. The fraction of sp³-hybridized carbons (Fsp3) is 0.263. The van der Waals surface area contributed by atoms with E-state index in [2.05, 4.69) is 10.3 Å². The maximum Gasteiger partial charge on any atom is 0.226 e. The largest absolute Gasteiger partial charge is 0.387 e. The topological polar surface area (TPSA) is 62.2 Å². The summed E-state index contributed by atoms with van der Waals surface area (Å²) in [7, 11) is 0. The molecule has 0 saturated heterocycles. The maximum absolute atomic E-state index is 12.0. The fourth-order valence-electron chi connectivity index (χ4n) is 2.56. The van der Waals surface area contributed by atoms with Crippen molar-refractivity contribution in [3.63, 3.8) is 0 Å². The summed E-state index contributed by atoms with van der Waals surface area (Å²) in [5, 5.41) is 18.3. The predicted octanol–water partition coefficient (Wildman–Crippen LogP) is 3.25. The average Bonchev–Trinajstić information content (AvgIpc) is 3.06. The van der Waals surface area contributed by atoms with Gasteiger partial charge in [-0.3, -0.25) is 4.79 Å². The molecule has 0 aliphatic rings. The van der Waals surface area contributed by atoms with Gasteiger partial charge < -0.3 is 10.4 Å². The van der Waals surface area contributed by atoms with Gasteiger partial charge in [-0.2, -0.15) is 0 Å². The van der Waals surface area contributed by atoms with Crippen LogP contribution in [0.5, 0.6) is 0 Å². The highest BCUT2D eigenvalue weighted by Crippen LogP contribution is 2.20. The first-order valence-corrected chi connectivity index (χ1v) is 8.90. The lowest BCUT2D eigenvalue weighted by atomic mass is 10.0. The van der Waals surface area contributed by atoms with Gasteiger partial charge in [-0.15, -0.1) is 11.3 Å². The van der Waals surface area contributed by atoms with Crippen molar-refractivity contribution in [1.82, 2.24) is 10.3 Å². The van der Waals surface area contributed by atoms with Gasteiger partial charge in [0.25, 0.3) is 0 Å². The summed E-state index contributed by atoms with van der Waals surface area (Å²) in [4.78, 5) is 16.4. The molecule has 0 aliphatic heterocycles. The van der Waals surface area contributed by atoms with Crippen molar-refractivity contribution in [2.45, 2.75) is 25.9 Å². The highest BCUT2D eigenvalue weighted by Gasteiger charge is 2.12. The second-order valence-corrected chi connectivity index (χ2v) is 6.63. The van der Waals surface area contributed by atoms with E-state index < -0.39 is 6.10 Å². The molecule has 0 fully saturated rings. The van der Waals surface area contributed by atoms with Gasteiger partial charge in [0.05, 0.1) is 23.2 Å². The third-order valence-electron chi connectivity index (χ3n) is 3.89. The van der Waals surface area contributed by atoms with E-state index >= 15 is 0 Å². The van der Waals surface area contributed by atoms with Gasteiger partial charge in [-0.05, 0) is 28.8 Å². The Balaban J connectivity index is 1.57. The van der Waals surface area contributed by atoms with Crippen LogP contribution in [0.4, 0.5) is 0 Å². The average molecular weight is 340 g/mol. The fourth-order valence-corrected chi connectivity index (χ4v) is 3.31. The first-order valence-electron chi connectivity index (χ1n) is 8.02. The van der Waals surface area contributed by atoms with Crippen LogP contribution >= 0.6 is 11.3 Å². The molecule has 4 nitrogen and oxygen atoms in total. The van der Waals surface area contributed by atoms with Gasteiger partial charge in [-0.1, -0.05) is 43.3 Å². The molecule has 124 valence electrons. The number of amides is 1. The molecule has 3 rings (SSSR count). The molecule has 3 aromatic rings. The Morgan fingerprint density at radius 3 is 2.79 bits per heavy atom. The molecule has 0 saturated carbocycles. The molecule has 1 heterocycles. The third-order valence-corrected chi connectivity index (χ3v) is 4.94. The van der Waals surface area contributed by atoms with Crippen molar-refractivity contribution in [3.05, 3.63) is 64.1 Å². The molecule has 1 amide bonds. The minimum atomic E-state index is -0.722. The SMILES string of the molecule is CCc1nc(CC(=O)NCC(O)c2ccc3ccccc3c2)cs1. The minimum Gasteiger partial charge on any atom is -0.387 e. The van der Waals surface area contributed by atoms with Gasteiger partial charge in [0.15, 0.2) is 0 Å². The summed E-state index contributed by atoms with van der Waals surface area (Å²) < 4.78 is 0. The zero-order valence-electron chi connectivity index (χ0n) is 13.5. The number of aliphatic hydroxyl groups is 1. The number of benzene rings is 2. The zero-order valence-corrected chi connectivity index (χ0v) is 14.3. The Morgan fingerprint density at radius 2 is 2.04 bits per heavy atom. The molecule has 1 aromatic heterocycles. The lowest BCUT2D eigenvalue weighted by Crippen LogP contribution is -2.29. The standard InChI is InChI=1S/C19H20N2O2S/c1-2-19-21-16(12-24-19)10-18(23)20-11-17(22)15-8-7-13-5-3-4-6-14(13)9-15/h3-9,12,17,22H,2,10-11H2,1H3,(H,20,23). The molecule has 2 aromatic carbocycles. The number of nitrogens with one attached hydrogen (secondary N) is 1. The minimum absolute atomic E-state index is 0.122. The zero-order chi connectivity index (χ0) is 16.9. The van der Waals surface area contributed by atoms with Gasteiger partial charge >= 0.3 is 0 Å². The second kappa shape index (κ2) is 7.55. The number of nitrogens with zero attached hydrogens (tertiary/aromatic N) is 1. The molecule has 1 unspecified atom stereocenters. The van der Waals surface area contributed by atoms with E-state index in [1.165, 1.54) is 0 Å². The van der Waals surface area contributed by atoms with Crippen LogP contribution < -0.4 is 5.32 Å². The molecule has 2 N–H and O–H groups in total. The number of hydrogen-bond donors (Lipinski definition) is 2. The van der Waals surface area contributed by atoms with Crippen molar-refractivity contribution in [2.75, 3.05) is 6.54 Å². The first kappa shape index (κ1) is 16.6. The predicted molar refractivity (Wildman–Crippen MR) is 97.1 cm³/mol. The van der Waals surface area contributed by atoms with Crippen LogP contribution in [0.15, 0.2) is 47.8 Å². The number of fused-ring (bicyclic) bond motifs is 1. The third kappa shape index (κ3) is 3.99. The molecular weight excluding hydrogens is 320 g/mol. The van der Waals surface area contributed by atoms with Crippen molar-refractivity contribution in [3.8, 4) is 0 Å². The maximum atomic E-state index is 12.0. The molecule has 0 bridgehead atoms. The molecule has 0 aliphatic carbocycles. The van der Waals surface area contributed by atoms with Crippen LogP contribution in [-0.2, 0) is 17.6 Å². The van der Waals surface area contributed by atoms with Crippen LogP contribution in [-0.4, -0.2) is 22.5 Å². The van der Waals surface area contributed by atoms with Crippen molar-refractivity contribution in [1.29, 1.82) is 0 Å². The van der Waals surface area contributed by atoms with E-state index in [0.29, 0.717) is 0 Å². The summed E-state index contributed by atoms with van der Waals surface area (Å²) in [6.07, 6.45) is 0.411. The summed E-state index contributed by atoms with van der Waals surface area (Å²) in [6, 6.07) is 13.8. The Labute approximate surface area is 145 Å². The molecule has 0 spiro atoms. The van der Waals surface area contributed by atoms with Crippen molar-refractivity contribution < 1.29 is 9.90 Å². The van der Waals surface area contributed by atoms with E-state index in [4.69, 9.17) is 0 Å². The van der Waals surface area contributed by atoms with Crippen LogP contribution in [0.2, 0.25) is 0 Å². The highest BCUT2D eigenvalue weighted by atomic mass is 32.1. The normalized spacial score (nSPS) is 12.2. The van der Waals surface area contributed by atoms with Crippen LogP contribution in [0.3, 0.4) is 0 Å². The van der Waals surface area contributed by atoms with E-state index in [-0.39, 0.29) is 18.9 Å². The summed E-state index contributed by atoms with van der Waals surface area (Å²) in [5.74, 6) is -0.122. The number of carbonyl (C=O) groups is 1. The Bertz CT molecular complexity index is 844. The lowest BCUT2D eigenvalue weighted by Gasteiger charge is -2.13. The van der Waals surface area contributed by atoms with E-state index in [1.54, 1.807) is 11.3 Å². The summed E-state index contributed by atoms with van der Waals surface area (Å²) in [5.41, 5.74) is 1.59. The van der Waals surface area contributed by atoms with Crippen LogP contribution in [0, 0.1) is 0 Å². The Morgan fingerprint density at radius 1 is 1.25 bits per heavy atom. The number of thiazole rings is 1. The van der Waals surface area contributed by atoms with Gasteiger partial charge in [0.2, 0.25) is 5.91 Å². The smallest absolute Gasteiger partial charge is 0.226 e. The van der Waals surface area contributed by atoms with Gasteiger partial charge in [-0.25, -0.2) is 4.98 Å². The van der Waals surface area contributed by atoms with E-state index in [9.17, 15) is 9.90 Å². The molecular formula is C19H20N2O2S. The van der Waals surface area contributed by atoms with E-state index in [0.717, 1.165) is 33.5 Å². The molecule has 5 heteroatoms. The van der Waals surface area contributed by atoms with Gasteiger partial charge in [0, 0.05) is 11.9 Å². The van der Waals surface area contributed by atoms with Gasteiger partial charge in [0.1, 0.15) is 0 Å². The van der Waals surface area contributed by atoms with Crippen molar-refractivity contribution in [2.24, 2.45) is 0 Å². The van der Waals surface area contributed by atoms with E-state index in [1.807, 2.05) is 54.8 Å². The van der Waals surface area contributed by atoms with Crippen LogP contribution in [0.25, 0.3) is 10.8 Å². The first-order chi connectivity index (χ1) is 11.7. The monoisotopic (exact) mass is 340 g/mol. The number of aryl methyl sites for hydroxylation is 1. The molecule has 1 atom stereocenters. The second-order valence-electron chi connectivity index (χ2n) is 5.69. The van der Waals surface area contributed by atoms with Crippen LogP contribution in [0.1, 0.15) is 29.3 Å². The number of carbonyl (C=O) groups excluding carboxylic acids is 1. The number of aliphatic hydroxyl groups excluding tert-OH is 1. The van der Waals surface area contributed by atoms with Crippen molar-refractivity contribution >= 4 is 28.0 Å². The number of aromatic nitrogens is 1. The summed E-state index contributed by atoms with van der Waals surface area (Å²) in [6.45, 7) is 2.24. The number of rotatable bonds is 6. The number of hydrogen-bond acceptors (Lipinski definition) is 4.